The highest BCUT2D eigenvalue weighted by molar-refractivity contribution is 7.96. The van der Waals surface area contributed by atoms with Gasteiger partial charge in [0.05, 0.1) is 19.6 Å². The highest BCUT2D eigenvalue weighted by Gasteiger charge is 2.27. The summed E-state index contributed by atoms with van der Waals surface area (Å²) in [5.41, 5.74) is 6.79. The predicted molar refractivity (Wildman–Crippen MR) is 151 cm³/mol. The van der Waals surface area contributed by atoms with Crippen LogP contribution in [0.15, 0.2) is 54.6 Å². The van der Waals surface area contributed by atoms with E-state index in [0.717, 1.165) is 42.1 Å². The topological polar surface area (TPSA) is 68.2 Å². The summed E-state index contributed by atoms with van der Waals surface area (Å²) in [4.78, 5) is 11.1. The van der Waals surface area contributed by atoms with E-state index in [-0.39, 0.29) is 12.3 Å². The van der Waals surface area contributed by atoms with Gasteiger partial charge in [-0.3, -0.25) is 9.10 Å². The Morgan fingerprint density at radius 3 is 2.63 bits per heavy atom. The Labute approximate surface area is 229 Å². The molecule has 7 heteroatoms. The fourth-order valence-electron chi connectivity index (χ4n) is 5.49. The van der Waals surface area contributed by atoms with E-state index in [1.54, 1.807) is 0 Å². The van der Waals surface area contributed by atoms with Gasteiger partial charge in [0.1, 0.15) is 23.9 Å². The fraction of sp³-hybridized carbons (Fsp3) is 0.387. The molecule has 1 N–H and O–H groups in total. The number of hydrogen-bond acceptors (Lipinski definition) is 6. The molecule has 0 spiro atoms. The van der Waals surface area contributed by atoms with Gasteiger partial charge in [-0.25, -0.2) is 0 Å². The molecule has 5 rings (SSSR count). The summed E-state index contributed by atoms with van der Waals surface area (Å²) in [5, 5.41) is 9.11. The molecule has 2 aliphatic heterocycles. The Bertz CT molecular complexity index is 1290. The summed E-state index contributed by atoms with van der Waals surface area (Å²) in [6.45, 7) is 8.11. The quantitative estimate of drug-likeness (QED) is 0.299. The molecule has 0 aliphatic carbocycles. The minimum atomic E-state index is -0.814. The van der Waals surface area contributed by atoms with Crippen LogP contribution in [0.4, 0.5) is 0 Å². The molecule has 200 valence electrons. The third kappa shape index (κ3) is 6.11. The highest BCUT2D eigenvalue weighted by Crippen LogP contribution is 2.38. The molecule has 0 radical (unpaired) electrons. The monoisotopic (exact) mass is 533 g/mol. The van der Waals surface area contributed by atoms with E-state index in [0.29, 0.717) is 30.6 Å². The standard InChI is InChI=1S/C31H35NO5S/c1-20-11-27(36-18-23-9-10-32(16-23)38-3)12-21(2)31(20)24-6-4-5-22(13-24)17-35-26-7-8-28-25(14-30(33)34)19-37-29(28)15-26/h4-8,11-13,15,23,25H,9-10,14,16-19H2,1-3H3,(H,33,34)/t23-,25?/m1/s1. The number of benzene rings is 3. The average Bonchev–Trinajstić information content (AvgIpc) is 3.52. The number of fused-ring (bicyclic) bond motifs is 1. The smallest absolute Gasteiger partial charge is 0.304 e. The number of carbonyl (C=O) groups is 1. The molecule has 0 aromatic heterocycles. The van der Waals surface area contributed by atoms with Gasteiger partial charge in [0.15, 0.2) is 0 Å². The molecule has 38 heavy (non-hydrogen) atoms. The van der Waals surface area contributed by atoms with Crippen molar-refractivity contribution in [1.29, 1.82) is 0 Å². The first-order chi connectivity index (χ1) is 18.4. The molecular formula is C31H35NO5S. The summed E-state index contributed by atoms with van der Waals surface area (Å²) >= 11 is 1.82. The Morgan fingerprint density at radius 2 is 1.89 bits per heavy atom. The number of carboxylic acid groups (broad SMARTS) is 1. The molecule has 6 nitrogen and oxygen atoms in total. The van der Waals surface area contributed by atoms with Crippen molar-refractivity contribution < 1.29 is 24.1 Å². The van der Waals surface area contributed by atoms with Crippen molar-refractivity contribution in [3.05, 3.63) is 76.9 Å². The van der Waals surface area contributed by atoms with Gasteiger partial charge in [0.25, 0.3) is 0 Å². The van der Waals surface area contributed by atoms with Gasteiger partial charge in [-0.15, -0.1) is 0 Å². The molecular weight excluding hydrogens is 498 g/mol. The van der Waals surface area contributed by atoms with Crippen molar-refractivity contribution in [2.75, 3.05) is 32.6 Å². The van der Waals surface area contributed by atoms with Crippen LogP contribution in [-0.4, -0.2) is 47.9 Å². The van der Waals surface area contributed by atoms with Gasteiger partial charge in [-0.2, -0.15) is 0 Å². The third-order valence-electron chi connectivity index (χ3n) is 7.41. The minimum Gasteiger partial charge on any atom is -0.493 e. The molecule has 2 atom stereocenters. The van der Waals surface area contributed by atoms with E-state index in [4.69, 9.17) is 19.3 Å². The van der Waals surface area contributed by atoms with Gasteiger partial charge < -0.3 is 19.3 Å². The zero-order valence-corrected chi connectivity index (χ0v) is 23.1. The van der Waals surface area contributed by atoms with E-state index < -0.39 is 5.97 Å². The van der Waals surface area contributed by atoms with Crippen LogP contribution in [-0.2, 0) is 11.4 Å². The Hall–Kier alpha value is -3.16. The van der Waals surface area contributed by atoms with Gasteiger partial charge in [0.2, 0.25) is 0 Å². The number of aliphatic carboxylic acids is 1. The molecule has 0 saturated carbocycles. The van der Waals surface area contributed by atoms with E-state index in [9.17, 15) is 4.79 Å². The SMILES string of the molecule is CSN1CC[C@@H](COc2cc(C)c(-c3cccc(COc4ccc5c(c4)OCC5CC(=O)O)c3)c(C)c2)C1. The van der Waals surface area contributed by atoms with E-state index in [1.807, 2.05) is 30.1 Å². The van der Waals surface area contributed by atoms with Crippen LogP contribution in [0.25, 0.3) is 11.1 Å². The Balaban J connectivity index is 1.23. The largest absolute Gasteiger partial charge is 0.493 e. The molecule has 3 aromatic carbocycles. The summed E-state index contributed by atoms with van der Waals surface area (Å²) in [6.07, 6.45) is 3.40. The lowest BCUT2D eigenvalue weighted by atomic mass is 9.94. The number of aryl methyl sites for hydroxylation is 2. The molecule has 0 bridgehead atoms. The summed E-state index contributed by atoms with van der Waals surface area (Å²) < 4.78 is 20.4. The van der Waals surface area contributed by atoms with Gasteiger partial charge in [-0.05, 0) is 78.6 Å². The molecule has 1 fully saturated rings. The maximum atomic E-state index is 11.1. The first-order valence-electron chi connectivity index (χ1n) is 13.1. The van der Waals surface area contributed by atoms with Crippen molar-refractivity contribution in [3.8, 4) is 28.4 Å². The van der Waals surface area contributed by atoms with E-state index in [2.05, 4.69) is 60.8 Å². The minimum absolute atomic E-state index is 0.0728. The maximum Gasteiger partial charge on any atom is 0.304 e. The number of rotatable bonds is 10. The summed E-state index contributed by atoms with van der Waals surface area (Å²) in [7, 11) is 0. The zero-order valence-electron chi connectivity index (χ0n) is 22.2. The van der Waals surface area contributed by atoms with Gasteiger partial charge >= 0.3 is 5.97 Å². The molecule has 1 saturated heterocycles. The van der Waals surface area contributed by atoms with Crippen molar-refractivity contribution in [1.82, 2.24) is 4.31 Å². The van der Waals surface area contributed by atoms with Crippen LogP contribution in [0.5, 0.6) is 17.2 Å². The van der Waals surface area contributed by atoms with Crippen LogP contribution in [0, 0.1) is 19.8 Å². The summed E-state index contributed by atoms with van der Waals surface area (Å²) in [5.74, 6) is 2.03. The average molecular weight is 534 g/mol. The number of ether oxygens (including phenoxy) is 3. The lowest BCUT2D eigenvalue weighted by molar-refractivity contribution is -0.137. The zero-order chi connectivity index (χ0) is 26.6. The molecule has 2 heterocycles. The first kappa shape index (κ1) is 26.4. The Kier molecular flexibility index (Phi) is 8.15. The van der Waals surface area contributed by atoms with Gasteiger partial charge in [0, 0.05) is 36.6 Å². The number of nitrogens with zero attached hydrogens (tertiary/aromatic N) is 1. The van der Waals surface area contributed by atoms with Crippen LogP contribution >= 0.6 is 11.9 Å². The predicted octanol–water partition coefficient (Wildman–Crippen LogP) is 6.48. The highest BCUT2D eigenvalue weighted by atomic mass is 32.2. The van der Waals surface area contributed by atoms with Crippen LogP contribution in [0.2, 0.25) is 0 Å². The molecule has 0 amide bonds. The normalized spacial score (nSPS) is 18.7. The van der Waals surface area contributed by atoms with Crippen molar-refractivity contribution in [3.63, 3.8) is 0 Å². The second kappa shape index (κ2) is 11.7. The van der Waals surface area contributed by atoms with Crippen molar-refractivity contribution >= 4 is 17.9 Å². The number of carboxylic acids is 1. The maximum absolute atomic E-state index is 11.1. The fourth-order valence-corrected chi connectivity index (χ4v) is 6.13. The van der Waals surface area contributed by atoms with Gasteiger partial charge in [-0.1, -0.05) is 36.2 Å². The molecule has 2 aliphatic rings. The first-order valence-corrected chi connectivity index (χ1v) is 14.3. The van der Waals surface area contributed by atoms with Crippen LogP contribution < -0.4 is 14.2 Å². The van der Waals surface area contributed by atoms with Crippen LogP contribution in [0.3, 0.4) is 0 Å². The number of hydrogen-bond donors (Lipinski definition) is 1. The lowest BCUT2D eigenvalue weighted by Crippen LogP contribution is -2.16. The van der Waals surface area contributed by atoms with Crippen molar-refractivity contribution in [2.24, 2.45) is 5.92 Å². The molecule has 3 aromatic rings. The lowest BCUT2D eigenvalue weighted by Gasteiger charge is -2.17. The van der Waals surface area contributed by atoms with Crippen LogP contribution in [0.1, 0.15) is 41.0 Å². The van der Waals surface area contributed by atoms with E-state index >= 15 is 0 Å². The van der Waals surface area contributed by atoms with Crippen molar-refractivity contribution in [2.45, 2.75) is 39.2 Å². The second-order valence-corrected chi connectivity index (χ2v) is 11.1. The second-order valence-electron chi connectivity index (χ2n) is 10.3. The third-order valence-corrected chi connectivity index (χ3v) is 8.25. The Morgan fingerprint density at radius 1 is 1.08 bits per heavy atom. The van der Waals surface area contributed by atoms with E-state index in [1.165, 1.54) is 23.1 Å². The molecule has 1 unspecified atom stereocenters. The summed E-state index contributed by atoms with van der Waals surface area (Å²) in [6, 6.07) is 18.4.